The molecule has 0 saturated carbocycles. The van der Waals surface area contributed by atoms with Crippen LogP contribution in [0.25, 0.3) is 0 Å². The highest BCUT2D eigenvalue weighted by Gasteiger charge is 2.42. The van der Waals surface area contributed by atoms with Crippen molar-refractivity contribution in [2.75, 3.05) is 13.1 Å². The first-order chi connectivity index (χ1) is 9.63. The van der Waals surface area contributed by atoms with Gasteiger partial charge in [0.15, 0.2) is 0 Å². The molecule has 1 fully saturated rings. The standard InChI is InChI=1S/C14H17F3N2O2/c1-9(19-6-5-13(18,8-19)12(20)21)10-3-2-4-11(7-10)14(15,16)17/h2-4,7,9H,5-6,8,18H2,1H3,(H,20,21). The number of nitrogens with two attached hydrogens (primary N) is 1. The fraction of sp³-hybridized carbons (Fsp3) is 0.500. The second-order valence-electron chi connectivity index (χ2n) is 5.48. The van der Waals surface area contributed by atoms with Crippen LogP contribution in [0.5, 0.6) is 0 Å². The largest absolute Gasteiger partial charge is 0.480 e. The maximum absolute atomic E-state index is 12.7. The number of carboxylic acid groups (broad SMARTS) is 1. The molecule has 0 aliphatic carbocycles. The van der Waals surface area contributed by atoms with Gasteiger partial charge in [-0.05, 0) is 31.0 Å². The molecule has 21 heavy (non-hydrogen) atoms. The average Bonchev–Trinajstić information content (AvgIpc) is 2.81. The van der Waals surface area contributed by atoms with Crippen LogP contribution in [-0.2, 0) is 11.0 Å². The van der Waals surface area contributed by atoms with E-state index in [9.17, 15) is 18.0 Å². The lowest BCUT2D eigenvalue weighted by atomic mass is 10.0. The van der Waals surface area contributed by atoms with E-state index in [2.05, 4.69) is 0 Å². The third-order valence-electron chi connectivity index (χ3n) is 4.00. The van der Waals surface area contributed by atoms with Crippen molar-refractivity contribution >= 4 is 5.97 Å². The van der Waals surface area contributed by atoms with Crippen molar-refractivity contribution in [1.82, 2.24) is 4.90 Å². The summed E-state index contributed by atoms with van der Waals surface area (Å²) in [7, 11) is 0. The minimum atomic E-state index is -4.39. The summed E-state index contributed by atoms with van der Waals surface area (Å²) in [6.07, 6.45) is -4.11. The molecule has 4 nitrogen and oxygen atoms in total. The number of nitrogens with zero attached hydrogens (tertiary/aromatic N) is 1. The SMILES string of the molecule is CC(c1cccc(C(F)(F)F)c1)N1CCC(N)(C(=O)O)C1. The molecule has 0 amide bonds. The summed E-state index contributed by atoms with van der Waals surface area (Å²) in [6.45, 7) is 2.32. The highest BCUT2D eigenvalue weighted by molar-refractivity contribution is 5.79. The van der Waals surface area contributed by atoms with Crippen LogP contribution in [-0.4, -0.2) is 34.6 Å². The van der Waals surface area contributed by atoms with Gasteiger partial charge in [0.1, 0.15) is 5.54 Å². The number of carboxylic acids is 1. The molecule has 2 atom stereocenters. The lowest BCUT2D eigenvalue weighted by molar-refractivity contribution is -0.142. The molecule has 3 N–H and O–H groups in total. The van der Waals surface area contributed by atoms with Crippen LogP contribution in [0.1, 0.15) is 30.5 Å². The van der Waals surface area contributed by atoms with Crippen LogP contribution in [0.4, 0.5) is 13.2 Å². The van der Waals surface area contributed by atoms with E-state index >= 15 is 0 Å². The van der Waals surface area contributed by atoms with Gasteiger partial charge in [0.2, 0.25) is 0 Å². The molecule has 1 aromatic carbocycles. The lowest BCUT2D eigenvalue weighted by Gasteiger charge is -2.26. The summed E-state index contributed by atoms with van der Waals surface area (Å²) in [5.74, 6) is -1.08. The van der Waals surface area contributed by atoms with Gasteiger partial charge in [-0.2, -0.15) is 13.2 Å². The van der Waals surface area contributed by atoms with E-state index in [4.69, 9.17) is 10.8 Å². The summed E-state index contributed by atoms with van der Waals surface area (Å²) in [5.41, 5.74) is 4.26. The summed E-state index contributed by atoms with van der Waals surface area (Å²) in [6, 6.07) is 4.76. The maximum atomic E-state index is 12.7. The van der Waals surface area contributed by atoms with Gasteiger partial charge in [-0.15, -0.1) is 0 Å². The summed E-state index contributed by atoms with van der Waals surface area (Å²) in [4.78, 5) is 12.9. The van der Waals surface area contributed by atoms with E-state index in [0.717, 1.165) is 12.1 Å². The quantitative estimate of drug-likeness (QED) is 0.899. The highest BCUT2D eigenvalue weighted by atomic mass is 19.4. The second kappa shape index (κ2) is 5.31. The third kappa shape index (κ3) is 3.19. The number of likely N-dealkylation sites (tertiary alicyclic amines) is 1. The van der Waals surface area contributed by atoms with Gasteiger partial charge in [0, 0.05) is 19.1 Å². The predicted octanol–water partition coefficient (Wildman–Crippen LogP) is 2.25. The minimum Gasteiger partial charge on any atom is -0.480 e. The number of alkyl halides is 3. The molecule has 0 spiro atoms. The molecule has 7 heteroatoms. The van der Waals surface area contributed by atoms with Gasteiger partial charge in [-0.3, -0.25) is 9.69 Å². The van der Waals surface area contributed by atoms with E-state index in [-0.39, 0.29) is 19.0 Å². The Hall–Kier alpha value is -1.60. The molecule has 0 radical (unpaired) electrons. The van der Waals surface area contributed by atoms with E-state index in [1.807, 2.05) is 0 Å². The van der Waals surface area contributed by atoms with Gasteiger partial charge >= 0.3 is 12.1 Å². The number of aliphatic carboxylic acids is 1. The zero-order chi connectivity index (χ0) is 15.8. The molecule has 2 rings (SSSR count). The van der Waals surface area contributed by atoms with Gasteiger partial charge in [-0.25, -0.2) is 0 Å². The van der Waals surface area contributed by atoms with Crippen molar-refractivity contribution < 1.29 is 23.1 Å². The minimum absolute atomic E-state index is 0.125. The van der Waals surface area contributed by atoms with Crippen molar-refractivity contribution in [2.24, 2.45) is 5.73 Å². The first kappa shape index (κ1) is 15.8. The molecule has 1 aliphatic heterocycles. The Bertz CT molecular complexity index is 547. The molecule has 116 valence electrons. The first-order valence-corrected chi connectivity index (χ1v) is 6.57. The Balaban J connectivity index is 2.18. The van der Waals surface area contributed by atoms with Crippen LogP contribution in [0, 0.1) is 0 Å². The Labute approximate surface area is 120 Å². The zero-order valence-corrected chi connectivity index (χ0v) is 11.5. The fourth-order valence-corrected chi connectivity index (χ4v) is 2.55. The Morgan fingerprint density at radius 1 is 1.48 bits per heavy atom. The Morgan fingerprint density at radius 3 is 2.67 bits per heavy atom. The molecule has 0 aromatic heterocycles. The van der Waals surface area contributed by atoms with E-state index in [0.29, 0.717) is 12.1 Å². The molecular formula is C14H17F3N2O2. The van der Waals surface area contributed by atoms with Crippen molar-refractivity contribution in [2.45, 2.75) is 31.1 Å². The van der Waals surface area contributed by atoms with Gasteiger partial charge < -0.3 is 10.8 Å². The van der Waals surface area contributed by atoms with Crippen molar-refractivity contribution in [3.05, 3.63) is 35.4 Å². The number of halogens is 3. The number of carbonyl (C=O) groups is 1. The molecule has 1 aromatic rings. The topological polar surface area (TPSA) is 66.6 Å². The van der Waals surface area contributed by atoms with Crippen LogP contribution >= 0.6 is 0 Å². The number of hydrogen-bond acceptors (Lipinski definition) is 3. The van der Waals surface area contributed by atoms with Crippen molar-refractivity contribution in [1.29, 1.82) is 0 Å². The van der Waals surface area contributed by atoms with Crippen LogP contribution in [0.3, 0.4) is 0 Å². The number of benzene rings is 1. The predicted molar refractivity (Wildman–Crippen MR) is 70.6 cm³/mol. The zero-order valence-electron chi connectivity index (χ0n) is 11.5. The smallest absolute Gasteiger partial charge is 0.416 e. The lowest BCUT2D eigenvalue weighted by Crippen LogP contribution is -2.50. The second-order valence-corrected chi connectivity index (χ2v) is 5.48. The monoisotopic (exact) mass is 302 g/mol. The third-order valence-corrected chi connectivity index (χ3v) is 4.00. The van der Waals surface area contributed by atoms with Crippen LogP contribution in [0.15, 0.2) is 24.3 Å². The summed E-state index contributed by atoms with van der Waals surface area (Å²) >= 11 is 0. The molecule has 1 heterocycles. The molecule has 1 aliphatic rings. The summed E-state index contributed by atoms with van der Waals surface area (Å²) in [5, 5.41) is 9.09. The Kier molecular flexibility index (Phi) is 3.99. The molecule has 0 bridgehead atoms. The van der Waals surface area contributed by atoms with Gasteiger partial charge in [0.25, 0.3) is 0 Å². The molecule has 2 unspecified atom stereocenters. The van der Waals surface area contributed by atoms with Crippen LogP contribution < -0.4 is 5.73 Å². The van der Waals surface area contributed by atoms with E-state index in [1.165, 1.54) is 6.07 Å². The van der Waals surface area contributed by atoms with Gasteiger partial charge in [0.05, 0.1) is 5.56 Å². The first-order valence-electron chi connectivity index (χ1n) is 6.57. The number of rotatable bonds is 3. The van der Waals surface area contributed by atoms with Crippen LogP contribution in [0.2, 0.25) is 0 Å². The van der Waals surface area contributed by atoms with Crippen molar-refractivity contribution in [3.63, 3.8) is 0 Å². The average molecular weight is 302 g/mol. The van der Waals surface area contributed by atoms with E-state index in [1.54, 1.807) is 17.9 Å². The molecular weight excluding hydrogens is 285 g/mol. The van der Waals surface area contributed by atoms with Gasteiger partial charge in [-0.1, -0.05) is 12.1 Å². The van der Waals surface area contributed by atoms with E-state index < -0.39 is 23.2 Å². The molecule has 1 saturated heterocycles. The Morgan fingerprint density at radius 2 is 2.14 bits per heavy atom. The highest BCUT2D eigenvalue weighted by Crippen LogP contribution is 2.33. The number of hydrogen-bond donors (Lipinski definition) is 2. The van der Waals surface area contributed by atoms with Crippen molar-refractivity contribution in [3.8, 4) is 0 Å². The maximum Gasteiger partial charge on any atom is 0.416 e. The fourth-order valence-electron chi connectivity index (χ4n) is 2.55. The summed E-state index contributed by atoms with van der Waals surface area (Å²) < 4.78 is 38.2. The normalized spacial score (nSPS) is 25.0.